The number of alkyl halides is 1. The highest BCUT2D eigenvalue weighted by Crippen LogP contribution is 1.87. The molecule has 12 heavy (non-hydrogen) atoms. The SMILES string of the molecule is CCS(=O)(=O)CCNC(=O)CBr. The van der Waals surface area contributed by atoms with E-state index in [0.29, 0.717) is 0 Å². The normalized spacial score (nSPS) is 11.2. The van der Waals surface area contributed by atoms with Crippen molar-refractivity contribution in [2.75, 3.05) is 23.4 Å². The molecular formula is C6H12BrNO3S. The zero-order valence-corrected chi connectivity index (χ0v) is 9.24. The standard InChI is InChI=1S/C6H12BrNO3S/c1-2-12(10,11)4-3-8-6(9)5-7/h2-5H2,1H3,(H,8,9). The predicted molar refractivity (Wildman–Crippen MR) is 51.1 cm³/mol. The van der Waals surface area contributed by atoms with E-state index in [0.717, 1.165) is 0 Å². The fourth-order valence-corrected chi connectivity index (χ4v) is 1.44. The minimum Gasteiger partial charge on any atom is -0.354 e. The molecule has 0 fully saturated rings. The van der Waals surface area contributed by atoms with Gasteiger partial charge in [-0.05, 0) is 0 Å². The first kappa shape index (κ1) is 11.9. The maximum Gasteiger partial charge on any atom is 0.230 e. The van der Waals surface area contributed by atoms with Crippen molar-refractivity contribution in [1.29, 1.82) is 0 Å². The Labute approximate surface area is 80.8 Å². The number of halogens is 1. The van der Waals surface area contributed by atoms with Crippen LogP contribution >= 0.6 is 15.9 Å². The van der Waals surface area contributed by atoms with E-state index < -0.39 is 9.84 Å². The first-order valence-corrected chi connectivity index (χ1v) is 6.49. The average Bonchev–Trinajstić information content (AvgIpc) is 2.04. The van der Waals surface area contributed by atoms with Gasteiger partial charge in [0.05, 0.1) is 11.1 Å². The summed E-state index contributed by atoms with van der Waals surface area (Å²) in [5.74, 6) is -0.0549. The van der Waals surface area contributed by atoms with E-state index in [-0.39, 0.29) is 29.3 Å². The number of carbonyl (C=O) groups is 1. The predicted octanol–water partition coefficient (Wildman–Crippen LogP) is -0.0678. The van der Waals surface area contributed by atoms with Gasteiger partial charge in [-0.3, -0.25) is 4.79 Å². The van der Waals surface area contributed by atoms with Crippen LogP contribution in [0.1, 0.15) is 6.92 Å². The van der Waals surface area contributed by atoms with E-state index in [1.807, 2.05) is 0 Å². The lowest BCUT2D eigenvalue weighted by Gasteiger charge is -2.02. The van der Waals surface area contributed by atoms with E-state index in [2.05, 4.69) is 21.2 Å². The molecular weight excluding hydrogens is 246 g/mol. The Balaban J connectivity index is 3.64. The van der Waals surface area contributed by atoms with Crippen LogP contribution in [0.3, 0.4) is 0 Å². The van der Waals surface area contributed by atoms with Crippen LogP contribution in [0.15, 0.2) is 0 Å². The lowest BCUT2D eigenvalue weighted by atomic mass is 10.6. The van der Waals surface area contributed by atoms with Crippen molar-refractivity contribution in [1.82, 2.24) is 5.32 Å². The number of nitrogens with one attached hydrogen (secondary N) is 1. The van der Waals surface area contributed by atoms with E-state index in [9.17, 15) is 13.2 Å². The van der Waals surface area contributed by atoms with Crippen molar-refractivity contribution < 1.29 is 13.2 Å². The summed E-state index contributed by atoms with van der Waals surface area (Å²) >= 11 is 2.95. The van der Waals surface area contributed by atoms with E-state index >= 15 is 0 Å². The average molecular weight is 258 g/mol. The van der Waals surface area contributed by atoms with E-state index in [4.69, 9.17) is 0 Å². The molecule has 0 heterocycles. The molecule has 0 aliphatic rings. The quantitative estimate of drug-likeness (QED) is 0.702. The molecule has 0 spiro atoms. The number of sulfone groups is 1. The van der Waals surface area contributed by atoms with Gasteiger partial charge in [0.25, 0.3) is 0 Å². The Morgan fingerprint density at radius 2 is 2.08 bits per heavy atom. The minimum absolute atomic E-state index is 0.0161. The molecule has 0 rings (SSSR count). The van der Waals surface area contributed by atoms with Gasteiger partial charge >= 0.3 is 0 Å². The molecule has 0 atom stereocenters. The summed E-state index contributed by atoms with van der Waals surface area (Å²) in [5.41, 5.74) is 0. The van der Waals surface area contributed by atoms with Crippen molar-refractivity contribution in [3.63, 3.8) is 0 Å². The van der Waals surface area contributed by atoms with Crippen LogP contribution in [0.4, 0.5) is 0 Å². The van der Waals surface area contributed by atoms with Crippen molar-refractivity contribution in [2.45, 2.75) is 6.92 Å². The summed E-state index contributed by atoms with van der Waals surface area (Å²) in [6.45, 7) is 1.78. The van der Waals surface area contributed by atoms with Crippen LogP contribution in [-0.4, -0.2) is 37.7 Å². The molecule has 0 saturated heterocycles. The zero-order valence-electron chi connectivity index (χ0n) is 6.84. The van der Waals surface area contributed by atoms with Gasteiger partial charge in [-0.1, -0.05) is 22.9 Å². The van der Waals surface area contributed by atoms with Crippen molar-refractivity contribution in [2.24, 2.45) is 0 Å². The third-order valence-corrected chi connectivity index (χ3v) is 3.51. The topological polar surface area (TPSA) is 63.2 Å². The van der Waals surface area contributed by atoms with Gasteiger partial charge < -0.3 is 5.32 Å². The molecule has 0 aromatic heterocycles. The van der Waals surface area contributed by atoms with Gasteiger partial charge in [0.15, 0.2) is 9.84 Å². The molecule has 0 aromatic carbocycles. The highest BCUT2D eigenvalue weighted by atomic mass is 79.9. The summed E-state index contributed by atoms with van der Waals surface area (Å²) in [5, 5.41) is 2.67. The molecule has 0 aromatic rings. The van der Waals surface area contributed by atoms with Crippen LogP contribution in [-0.2, 0) is 14.6 Å². The van der Waals surface area contributed by atoms with E-state index in [1.165, 1.54) is 0 Å². The molecule has 4 nitrogen and oxygen atoms in total. The Morgan fingerprint density at radius 1 is 1.50 bits per heavy atom. The minimum atomic E-state index is -2.95. The van der Waals surface area contributed by atoms with Gasteiger partial charge in [0, 0.05) is 12.3 Å². The van der Waals surface area contributed by atoms with Crippen LogP contribution in [0, 0.1) is 0 Å². The molecule has 1 amide bonds. The monoisotopic (exact) mass is 257 g/mol. The van der Waals surface area contributed by atoms with Gasteiger partial charge in [-0.2, -0.15) is 0 Å². The van der Waals surface area contributed by atoms with Crippen molar-refractivity contribution in [3.8, 4) is 0 Å². The first-order chi connectivity index (χ1) is 5.52. The third kappa shape index (κ3) is 5.54. The fourth-order valence-electron chi connectivity index (χ4n) is 0.538. The van der Waals surface area contributed by atoms with Crippen LogP contribution in [0.2, 0.25) is 0 Å². The summed E-state index contributed by atoms with van der Waals surface area (Å²) in [7, 11) is -2.95. The number of hydrogen-bond acceptors (Lipinski definition) is 3. The Bertz CT molecular complexity index is 237. The lowest BCUT2D eigenvalue weighted by molar-refractivity contribution is -0.118. The molecule has 0 bridgehead atoms. The van der Waals surface area contributed by atoms with Gasteiger partial charge in [0.2, 0.25) is 5.91 Å². The summed E-state index contributed by atoms with van der Waals surface area (Å²) in [6, 6.07) is 0. The Kier molecular flexibility index (Phi) is 5.48. The summed E-state index contributed by atoms with van der Waals surface area (Å²) in [6.07, 6.45) is 0. The Morgan fingerprint density at radius 3 is 2.50 bits per heavy atom. The molecule has 0 saturated carbocycles. The van der Waals surface area contributed by atoms with Gasteiger partial charge in [-0.25, -0.2) is 8.42 Å². The van der Waals surface area contributed by atoms with Crippen molar-refractivity contribution in [3.05, 3.63) is 0 Å². The van der Waals surface area contributed by atoms with Crippen LogP contribution in [0.5, 0.6) is 0 Å². The molecule has 0 radical (unpaired) electrons. The number of hydrogen-bond donors (Lipinski definition) is 1. The molecule has 0 aliphatic carbocycles. The smallest absolute Gasteiger partial charge is 0.230 e. The summed E-state index contributed by atoms with van der Waals surface area (Å²) in [4.78, 5) is 10.6. The van der Waals surface area contributed by atoms with E-state index in [1.54, 1.807) is 6.92 Å². The van der Waals surface area contributed by atoms with Crippen molar-refractivity contribution >= 4 is 31.7 Å². The molecule has 0 unspecified atom stereocenters. The van der Waals surface area contributed by atoms with Gasteiger partial charge in [-0.15, -0.1) is 0 Å². The second-order valence-electron chi connectivity index (χ2n) is 2.22. The zero-order chi connectivity index (χ0) is 9.61. The number of carbonyl (C=O) groups excluding carboxylic acids is 1. The number of amides is 1. The van der Waals surface area contributed by atoms with Gasteiger partial charge in [0.1, 0.15) is 0 Å². The molecule has 6 heteroatoms. The third-order valence-electron chi connectivity index (χ3n) is 1.30. The fraction of sp³-hybridized carbons (Fsp3) is 0.833. The number of rotatable bonds is 5. The van der Waals surface area contributed by atoms with Crippen LogP contribution < -0.4 is 5.32 Å². The first-order valence-electron chi connectivity index (χ1n) is 3.55. The Hall–Kier alpha value is -0.100. The second-order valence-corrected chi connectivity index (χ2v) is 5.25. The maximum atomic E-state index is 10.9. The highest BCUT2D eigenvalue weighted by Gasteiger charge is 2.07. The molecule has 1 N–H and O–H groups in total. The maximum absolute atomic E-state index is 10.9. The highest BCUT2D eigenvalue weighted by molar-refractivity contribution is 9.09. The largest absolute Gasteiger partial charge is 0.354 e. The summed E-state index contributed by atoms with van der Waals surface area (Å²) < 4.78 is 21.8. The second kappa shape index (κ2) is 5.53. The van der Waals surface area contributed by atoms with Crippen LogP contribution in [0.25, 0.3) is 0 Å². The molecule has 0 aliphatic heterocycles. The lowest BCUT2D eigenvalue weighted by Crippen LogP contribution is -2.30. The molecule has 72 valence electrons.